The van der Waals surface area contributed by atoms with E-state index >= 15 is 0 Å². The van der Waals surface area contributed by atoms with Crippen molar-refractivity contribution in [3.05, 3.63) is 69.6 Å². The van der Waals surface area contributed by atoms with E-state index in [1.807, 2.05) is 32.0 Å². The number of alkyl halides is 3. The molecule has 0 aliphatic carbocycles. The number of carbonyl (C=O) groups excluding carboxylic acids is 1. The zero-order valence-electron chi connectivity index (χ0n) is 20.6. The standard InChI is InChI=1S/C22H22F2N6O2.C2HF3O2/c1-12-5-15(7-14-3-4-18(31)28-19(12)14)16-6-13(2)21(26-9-16)29-11-27-30(22(29)32)10-17(8-25)20(23)24;3-2(4,5)1(6)7/h5-7,9,11H,3-4,8,10,25H2,1-2H3,(H,28,31);(H,6,7). The van der Waals surface area contributed by atoms with Crippen LogP contribution in [0.25, 0.3) is 16.9 Å². The zero-order chi connectivity index (χ0) is 29.1. The van der Waals surface area contributed by atoms with Crippen molar-refractivity contribution in [3.63, 3.8) is 0 Å². The smallest absolute Gasteiger partial charge is 0.475 e. The molecule has 0 fully saturated rings. The number of halogens is 5. The topological polar surface area (TPSA) is 145 Å². The fourth-order valence-electron chi connectivity index (χ4n) is 3.80. The summed E-state index contributed by atoms with van der Waals surface area (Å²) >= 11 is 0. The van der Waals surface area contributed by atoms with Gasteiger partial charge in [0, 0.05) is 36.0 Å². The van der Waals surface area contributed by atoms with Crippen LogP contribution < -0.4 is 16.7 Å². The van der Waals surface area contributed by atoms with Crippen LogP contribution in [0.1, 0.15) is 23.1 Å². The molecule has 1 amide bonds. The second-order valence-corrected chi connectivity index (χ2v) is 8.55. The number of carboxylic acids is 1. The van der Waals surface area contributed by atoms with Crippen LogP contribution in [0.2, 0.25) is 0 Å². The maximum atomic E-state index is 12.9. The molecule has 1 aliphatic heterocycles. The van der Waals surface area contributed by atoms with Crippen LogP contribution in [0.3, 0.4) is 0 Å². The molecular formula is C24H23F5N6O4. The van der Waals surface area contributed by atoms with Gasteiger partial charge < -0.3 is 16.2 Å². The lowest BCUT2D eigenvalue weighted by Gasteiger charge is -2.20. The number of nitrogens with one attached hydrogen (secondary N) is 1. The van der Waals surface area contributed by atoms with Gasteiger partial charge in [-0.15, -0.1) is 0 Å². The summed E-state index contributed by atoms with van der Waals surface area (Å²) in [5.74, 6) is -2.37. The normalized spacial score (nSPS) is 12.7. The minimum absolute atomic E-state index is 0.0181. The number of aliphatic carboxylic acids is 1. The molecule has 39 heavy (non-hydrogen) atoms. The number of hydrogen-bond acceptors (Lipinski definition) is 6. The van der Waals surface area contributed by atoms with E-state index < -0.39 is 23.9 Å². The number of nitrogens with two attached hydrogens (primary N) is 1. The molecule has 0 unspecified atom stereocenters. The van der Waals surface area contributed by atoms with Crippen molar-refractivity contribution >= 4 is 17.6 Å². The predicted molar refractivity (Wildman–Crippen MR) is 129 cm³/mol. The average molecular weight is 554 g/mol. The maximum absolute atomic E-state index is 12.9. The van der Waals surface area contributed by atoms with Crippen LogP contribution in [0.4, 0.5) is 27.6 Å². The summed E-state index contributed by atoms with van der Waals surface area (Å²) in [7, 11) is 0. The lowest BCUT2D eigenvalue weighted by atomic mass is 9.94. The summed E-state index contributed by atoms with van der Waals surface area (Å²) in [5, 5.41) is 14.0. The number of pyridine rings is 1. The van der Waals surface area contributed by atoms with Gasteiger partial charge in [0.25, 0.3) is 6.08 Å². The van der Waals surface area contributed by atoms with Crippen LogP contribution in [-0.2, 0) is 22.6 Å². The Morgan fingerprint density at radius 1 is 1.10 bits per heavy atom. The Kier molecular flexibility index (Phi) is 8.64. The molecule has 1 aliphatic rings. The number of anilines is 1. The van der Waals surface area contributed by atoms with Crippen molar-refractivity contribution in [2.75, 3.05) is 11.9 Å². The summed E-state index contributed by atoms with van der Waals surface area (Å²) in [5.41, 5.74) is 9.83. The Bertz CT molecular complexity index is 1510. The Morgan fingerprint density at radius 2 is 1.74 bits per heavy atom. The molecule has 3 heterocycles. The van der Waals surface area contributed by atoms with Crippen LogP contribution in [0.5, 0.6) is 0 Å². The molecule has 3 aromatic rings. The van der Waals surface area contributed by atoms with Gasteiger partial charge in [0.05, 0.1) is 6.54 Å². The third-order valence-electron chi connectivity index (χ3n) is 5.75. The summed E-state index contributed by atoms with van der Waals surface area (Å²) in [6.07, 6.45) is -2.96. The first-order valence-corrected chi connectivity index (χ1v) is 11.3. The molecule has 10 nitrogen and oxygen atoms in total. The zero-order valence-corrected chi connectivity index (χ0v) is 20.6. The summed E-state index contributed by atoms with van der Waals surface area (Å²) < 4.78 is 59.7. The molecule has 15 heteroatoms. The van der Waals surface area contributed by atoms with Crippen molar-refractivity contribution in [2.45, 2.75) is 39.4 Å². The van der Waals surface area contributed by atoms with Crippen molar-refractivity contribution in [2.24, 2.45) is 5.73 Å². The average Bonchev–Trinajstić information content (AvgIpc) is 3.21. The Balaban J connectivity index is 0.000000532. The number of nitrogens with zero attached hydrogens (tertiary/aromatic N) is 4. The third kappa shape index (κ3) is 6.73. The van der Waals surface area contributed by atoms with Crippen molar-refractivity contribution in [1.29, 1.82) is 0 Å². The molecule has 0 atom stereocenters. The number of aromatic nitrogens is 4. The molecule has 4 N–H and O–H groups in total. The first kappa shape index (κ1) is 29.2. The van der Waals surface area contributed by atoms with Gasteiger partial charge >= 0.3 is 17.8 Å². The van der Waals surface area contributed by atoms with E-state index in [9.17, 15) is 31.5 Å². The Morgan fingerprint density at radius 3 is 2.31 bits per heavy atom. The monoisotopic (exact) mass is 554 g/mol. The largest absolute Gasteiger partial charge is 0.490 e. The fourth-order valence-corrected chi connectivity index (χ4v) is 3.80. The number of carboxylic acid groups (broad SMARTS) is 1. The SMILES string of the molecule is Cc1cc(-c2cc(C)c3c(c2)CCC(=O)N3)cnc1-n1cnn(CC(CN)=C(F)F)c1=O.O=C(O)C(F)(F)F. The van der Waals surface area contributed by atoms with Crippen LogP contribution in [0.15, 0.2) is 47.2 Å². The Labute approximate surface area is 217 Å². The van der Waals surface area contributed by atoms with Crippen LogP contribution in [-0.4, -0.2) is 49.0 Å². The highest BCUT2D eigenvalue weighted by Gasteiger charge is 2.38. The number of rotatable bonds is 5. The van der Waals surface area contributed by atoms with Gasteiger partial charge in [-0.05, 0) is 60.7 Å². The van der Waals surface area contributed by atoms with E-state index in [-0.39, 0.29) is 24.6 Å². The molecule has 0 saturated carbocycles. The molecule has 0 saturated heterocycles. The van der Waals surface area contributed by atoms with Gasteiger partial charge in [0.1, 0.15) is 12.1 Å². The van der Waals surface area contributed by atoms with E-state index in [1.165, 1.54) is 10.9 Å². The highest BCUT2D eigenvalue weighted by Crippen LogP contribution is 2.32. The highest BCUT2D eigenvalue weighted by atomic mass is 19.4. The maximum Gasteiger partial charge on any atom is 0.490 e. The van der Waals surface area contributed by atoms with Crippen molar-refractivity contribution in [1.82, 2.24) is 19.3 Å². The minimum Gasteiger partial charge on any atom is -0.475 e. The summed E-state index contributed by atoms with van der Waals surface area (Å²) in [6, 6.07) is 5.92. The van der Waals surface area contributed by atoms with E-state index in [0.717, 1.165) is 38.2 Å². The molecule has 1 aromatic carbocycles. The lowest BCUT2D eigenvalue weighted by Crippen LogP contribution is -2.27. The first-order chi connectivity index (χ1) is 18.2. The third-order valence-corrected chi connectivity index (χ3v) is 5.75. The molecule has 4 rings (SSSR count). The van der Waals surface area contributed by atoms with Crippen LogP contribution in [0, 0.1) is 13.8 Å². The van der Waals surface area contributed by atoms with E-state index in [4.69, 9.17) is 15.6 Å². The van der Waals surface area contributed by atoms with Gasteiger partial charge in [0.15, 0.2) is 0 Å². The minimum atomic E-state index is -5.08. The molecule has 0 bridgehead atoms. The van der Waals surface area contributed by atoms with Gasteiger partial charge in [-0.3, -0.25) is 4.79 Å². The quantitative estimate of drug-likeness (QED) is 0.410. The van der Waals surface area contributed by atoms with Gasteiger partial charge in [-0.25, -0.2) is 23.8 Å². The van der Waals surface area contributed by atoms with Gasteiger partial charge in [-0.2, -0.15) is 27.1 Å². The number of fused-ring (bicyclic) bond motifs is 1. The van der Waals surface area contributed by atoms with Crippen molar-refractivity contribution < 1.29 is 36.6 Å². The second kappa shape index (κ2) is 11.6. The number of carbonyl (C=O) groups is 2. The van der Waals surface area contributed by atoms with Gasteiger partial charge in [-0.1, -0.05) is 0 Å². The Hall–Kier alpha value is -4.40. The number of amides is 1. The van der Waals surface area contributed by atoms with E-state index in [2.05, 4.69) is 15.4 Å². The number of hydrogen-bond donors (Lipinski definition) is 3. The molecule has 208 valence electrons. The van der Waals surface area contributed by atoms with Crippen LogP contribution >= 0.6 is 0 Å². The predicted octanol–water partition coefficient (Wildman–Crippen LogP) is 3.34. The molecule has 0 spiro atoms. The second-order valence-electron chi connectivity index (χ2n) is 8.55. The van der Waals surface area contributed by atoms with Gasteiger partial charge in [0.2, 0.25) is 5.91 Å². The first-order valence-electron chi connectivity index (χ1n) is 11.3. The summed E-state index contributed by atoms with van der Waals surface area (Å²) in [4.78, 5) is 37.7. The molecule has 2 aromatic heterocycles. The number of benzene rings is 1. The number of aryl methyl sites for hydroxylation is 3. The fraction of sp³-hybridized carbons (Fsp3) is 0.292. The highest BCUT2D eigenvalue weighted by molar-refractivity contribution is 5.95. The van der Waals surface area contributed by atoms with E-state index in [0.29, 0.717) is 18.7 Å². The van der Waals surface area contributed by atoms with Crippen molar-refractivity contribution in [3.8, 4) is 16.9 Å². The summed E-state index contributed by atoms with van der Waals surface area (Å²) in [6.45, 7) is 3.01. The molecular weight excluding hydrogens is 531 g/mol. The molecule has 0 radical (unpaired) electrons. The van der Waals surface area contributed by atoms with E-state index in [1.54, 1.807) is 6.20 Å². The lowest BCUT2D eigenvalue weighted by molar-refractivity contribution is -0.192.